The van der Waals surface area contributed by atoms with Gasteiger partial charge in [-0.3, -0.25) is 9.79 Å². The zero-order valence-corrected chi connectivity index (χ0v) is 16.8. The van der Waals surface area contributed by atoms with Crippen LogP contribution in [-0.4, -0.2) is 69.1 Å². The molecule has 1 aromatic rings. The number of methoxy groups -OCH3 is 1. The number of likely N-dealkylation sites (tertiary alicyclic amines) is 1. The van der Waals surface area contributed by atoms with E-state index in [9.17, 15) is 4.79 Å². The Morgan fingerprint density at radius 2 is 2.15 bits per heavy atom. The Morgan fingerprint density at radius 1 is 1.41 bits per heavy atom. The minimum Gasteiger partial charge on any atom is -0.497 e. The second-order valence-electron chi connectivity index (χ2n) is 7.07. The quantitative estimate of drug-likeness (QED) is 0.406. The first-order valence-corrected chi connectivity index (χ1v) is 9.60. The van der Waals surface area contributed by atoms with Gasteiger partial charge in [0.25, 0.3) is 0 Å². The average Bonchev–Trinajstić information content (AvgIpc) is 2.68. The third-order valence-electron chi connectivity index (χ3n) is 4.99. The van der Waals surface area contributed by atoms with Gasteiger partial charge >= 0.3 is 0 Å². The van der Waals surface area contributed by atoms with Gasteiger partial charge in [-0.1, -0.05) is 12.1 Å². The van der Waals surface area contributed by atoms with E-state index in [4.69, 9.17) is 10.5 Å². The smallest absolute Gasteiger partial charge is 0.221 e. The molecule has 0 saturated carbocycles. The Balaban J connectivity index is 1.72. The molecule has 1 atom stereocenters. The molecule has 1 fully saturated rings. The average molecular weight is 376 g/mol. The standard InChI is InChI=1S/C20H33N5O2/c1-22-20(24(2)14-16-7-9-18(27-3)10-8-16)23-11-5-13-25-12-4-6-17(15-25)19(21)26/h7-10,17H,4-6,11-15H2,1-3H3,(H2,21,26)(H,22,23). The highest BCUT2D eigenvalue weighted by molar-refractivity contribution is 5.79. The van der Waals surface area contributed by atoms with E-state index >= 15 is 0 Å². The number of hydrogen-bond acceptors (Lipinski definition) is 4. The molecule has 1 unspecified atom stereocenters. The zero-order valence-electron chi connectivity index (χ0n) is 16.8. The summed E-state index contributed by atoms with van der Waals surface area (Å²) >= 11 is 0. The van der Waals surface area contributed by atoms with Gasteiger partial charge in [-0.25, -0.2) is 0 Å². The van der Waals surface area contributed by atoms with E-state index in [1.165, 1.54) is 5.56 Å². The Morgan fingerprint density at radius 3 is 2.78 bits per heavy atom. The number of nitrogens with zero attached hydrogens (tertiary/aromatic N) is 3. The maximum absolute atomic E-state index is 11.4. The van der Waals surface area contributed by atoms with Crippen molar-refractivity contribution in [2.24, 2.45) is 16.6 Å². The maximum atomic E-state index is 11.4. The molecule has 1 aliphatic rings. The summed E-state index contributed by atoms with van der Waals surface area (Å²) in [6.45, 7) is 4.43. The highest BCUT2D eigenvalue weighted by atomic mass is 16.5. The number of rotatable bonds is 8. The number of ether oxygens (including phenoxy) is 1. The third kappa shape index (κ3) is 6.75. The normalized spacial score (nSPS) is 18.2. The molecule has 7 heteroatoms. The van der Waals surface area contributed by atoms with Crippen molar-refractivity contribution in [1.82, 2.24) is 15.1 Å². The van der Waals surface area contributed by atoms with E-state index in [-0.39, 0.29) is 11.8 Å². The van der Waals surface area contributed by atoms with Crippen LogP contribution in [0.15, 0.2) is 29.3 Å². The first kappa shape index (κ1) is 21.0. The number of benzene rings is 1. The molecule has 0 aliphatic carbocycles. The Labute approximate surface area is 162 Å². The molecule has 27 heavy (non-hydrogen) atoms. The van der Waals surface area contributed by atoms with Crippen LogP contribution >= 0.6 is 0 Å². The lowest BCUT2D eigenvalue weighted by atomic mass is 9.97. The van der Waals surface area contributed by atoms with Crippen molar-refractivity contribution >= 4 is 11.9 Å². The predicted octanol–water partition coefficient (Wildman–Crippen LogP) is 1.29. The molecule has 0 bridgehead atoms. The lowest BCUT2D eigenvalue weighted by Gasteiger charge is -2.31. The topological polar surface area (TPSA) is 83.2 Å². The summed E-state index contributed by atoms with van der Waals surface area (Å²) in [5.74, 6) is 1.58. The summed E-state index contributed by atoms with van der Waals surface area (Å²) in [6.07, 6.45) is 2.97. The van der Waals surface area contributed by atoms with Crippen molar-refractivity contribution in [3.63, 3.8) is 0 Å². The second-order valence-corrected chi connectivity index (χ2v) is 7.07. The largest absolute Gasteiger partial charge is 0.497 e. The van der Waals surface area contributed by atoms with Crippen molar-refractivity contribution in [2.75, 3.05) is 47.4 Å². The molecule has 7 nitrogen and oxygen atoms in total. The van der Waals surface area contributed by atoms with Gasteiger partial charge in [0.1, 0.15) is 5.75 Å². The van der Waals surface area contributed by atoms with Crippen molar-refractivity contribution in [3.8, 4) is 5.75 Å². The number of carbonyl (C=O) groups excluding carboxylic acids is 1. The SMILES string of the molecule is CN=C(NCCCN1CCCC(C(N)=O)C1)N(C)Cc1ccc(OC)cc1. The number of primary amides is 1. The molecule has 1 heterocycles. The monoisotopic (exact) mass is 375 g/mol. The van der Waals surface area contributed by atoms with Gasteiger partial charge in [-0.15, -0.1) is 0 Å². The van der Waals surface area contributed by atoms with Gasteiger partial charge in [-0.2, -0.15) is 0 Å². The molecular formula is C20H33N5O2. The van der Waals surface area contributed by atoms with E-state index in [1.54, 1.807) is 14.2 Å². The molecular weight excluding hydrogens is 342 g/mol. The van der Waals surface area contributed by atoms with E-state index in [0.29, 0.717) is 0 Å². The van der Waals surface area contributed by atoms with Gasteiger partial charge in [0.05, 0.1) is 13.0 Å². The van der Waals surface area contributed by atoms with Crippen molar-refractivity contribution in [2.45, 2.75) is 25.8 Å². The highest BCUT2D eigenvalue weighted by Gasteiger charge is 2.23. The molecule has 0 aromatic heterocycles. The van der Waals surface area contributed by atoms with E-state index < -0.39 is 0 Å². The summed E-state index contributed by atoms with van der Waals surface area (Å²) in [7, 11) is 5.50. The van der Waals surface area contributed by atoms with Gasteiger partial charge in [-0.05, 0) is 50.0 Å². The van der Waals surface area contributed by atoms with Crippen LogP contribution in [0.5, 0.6) is 5.75 Å². The second kappa shape index (κ2) is 10.8. The fourth-order valence-electron chi connectivity index (χ4n) is 3.46. The molecule has 0 radical (unpaired) electrons. The number of nitrogens with one attached hydrogen (secondary N) is 1. The van der Waals surface area contributed by atoms with E-state index in [2.05, 4.69) is 32.2 Å². The summed E-state index contributed by atoms with van der Waals surface area (Å²) in [5, 5.41) is 3.42. The van der Waals surface area contributed by atoms with Crippen LogP contribution < -0.4 is 15.8 Å². The molecule has 1 aromatic carbocycles. The Kier molecular flexibility index (Phi) is 8.39. The van der Waals surface area contributed by atoms with Crippen LogP contribution in [0.1, 0.15) is 24.8 Å². The van der Waals surface area contributed by atoms with E-state index in [0.717, 1.165) is 63.7 Å². The number of guanidine groups is 1. The molecule has 3 N–H and O–H groups in total. The molecule has 150 valence electrons. The van der Waals surface area contributed by atoms with Gasteiger partial charge in [0.2, 0.25) is 5.91 Å². The molecule has 0 spiro atoms. The molecule has 2 rings (SSSR count). The molecule has 1 saturated heterocycles. The Hall–Kier alpha value is -2.28. The summed E-state index contributed by atoms with van der Waals surface area (Å²) in [5.41, 5.74) is 6.65. The van der Waals surface area contributed by atoms with Crippen LogP contribution in [0.4, 0.5) is 0 Å². The van der Waals surface area contributed by atoms with Crippen molar-refractivity contribution in [1.29, 1.82) is 0 Å². The lowest BCUT2D eigenvalue weighted by Crippen LogP contribution is -2.43. The number of carbonyl (C=O) groups is 1. The van der Waals surface area contributed by atoms with Crippen LogP contribution in [0.2, 0.25) is 0 Å². The van der Waals surface area contributed by atoms with Crippen LogP contribution in [0.25, 0.3) is 0 Å². The summed E-state index contributed by atoms with van der Waals surface area (Å²) in [6, 6.07) is 8.07. The number of nitrogens with two attached hydrogens (primary N) is 1. The van der Waals surface area contributed by atoms with E-state index in [1.807, 2.05) is 19.2 Å². The highest BCUT2D eigenvalue weighted by Crippen LogP contribution is 2.16. The minimum absolute atomic E-state index is 0.00936. The number of amides is 1. The van der Waals surface area contributed by atoms with Gasteiger partial charge in [0.15, 0.2) is 5.96 Å². The van der Waals surface area contributed by atoms with Crippen LogP contribution in [0, 0.1) is 5.92 Å². The Bertz CT molecular complexity index is 617. The first-order valence-electron chi connectivity index (χ1n) is 9.60. The van der Waals surface area contributed by atoms with Gasteiger partial charge in [0, 0.05) is 33.7 Å². The minimum atomic E-state index is -0.168. The van der Waals surface area contributed by atoms with Crippen LogP contribution in [-0.2, 0) is 11.3 Å². The first-order chi connectivity index (χ1) is 13.0. The fraction of sp³-hybridized carbons (Fsp3) is 0.600. The lowest BCUT2D eigenvalue weighted by molar-refractivity contribution is -0.123. The predicted molar refractivity (Wildman–Crippen MR) is 109 cm³/mol. The molecule has 1 amide bonds. The van der Waals surface area contributed by atoms with Crippen molar-refractivity contribution in [3.05, 3.63) is 29.8 Å². The fourth-order valence-corrected chi connectivity index (χ4v) is 3.46. The zero-order chi connectivity index (χ0) is 19.6. The number of aliphatic imine (C=N–C) groups is 1. The summed E-state index contributed by atoms with van der Waals surface area (Å²) < 4.78 is 5.20. The molecule has 1 aliphatic heterocycles. The van der Waals surface area contributed by atoms with Gasteiger partial charge < -0.3 is 25.6 Å². The maximum Gasteiger partial charge on any atom is 0.221 e. The van der Waals surface area contributed by atoms with Crippen molar-refractivity contribution < 1.29 is 9.53 Å². The number of hydrogen-bond donors (Lipinski definition) is 2. The third-order valence-corrected chi connectivity index (χ3v) is 4.99. The number of piperidine rings is 1. The summed E-state index contributed by atoms with van der Waals surface area (Å²) in [4.78, 5) is 20.2. The van der Waals surface area contributed by atoms with Crippen LogP contribution in [0.3, 0.4) is 0 Å².